The minimum atomic E-state index is -0.954. The number of carbonyl (C=O) groups excluding carboxylic acids is 1. The molecule has 1 aromatic heterocycles. The number of furan rings is 1. The Balaban J connectivity index is 1.84. The van der Waals surface area contributed by atoms with E-state index in [-0.39, 0.29) is 5.76 Å². The van der Waals surface area contributed by atoms with Gasteiger partial charge in [-0.1, -0.05) is 23.2 Å². The normalized spacial score (nSPS) is 11.1. The maximum Gasteiger partial charge on any atom is 0.271 e. The number of hydrogen-bond donors (Lipinski definition) is 1. The van der Waals surface area contributed by atoms with Gasteiger partial charge in [0.25, 0.3) is 11.6 Å². The van der Waals surface area contributed by atoms with E-state index in [0.29, 0.717) is 21.4 Å². The molecule has 1 amide bonds. The van der Waals surface area contributed by atoms with Crippen LogP contribution in [0, 0.1) is 27.3 Å². The number of halogens is 3. The van der Waals surface area contributed by atoms with Crippen LogP contribution in [0.4, 0.5) is 15.8 Å². The van der Waals surface area contributed by atoms with Crippen molar-refractivity contribution < 1.29 is 18.5 Å². The van der Waals surface area contributed by atoms with Crippen LogP contribution in [-0.4, -0.2) is 10.8 Å². The number of nitrogens with one attached hydrogen (secondary N) is 1. The zero-order chi connectivity index (χ0) is 21.8. The first-order valence-corrected chi connectivity index (χ1v) is 8.96. The second-order valence-electron chi connectivity index (χ2n) is 5.88. The zero-order valence-corrected chi connectivity index (χ0v) is 16.4. The summed E-state index contributed by atoms with van der Waals surface area (Å²) in [5, 5.41) is 23.0. The largest absolute Gasteiger partial charge is 0.457 e. The third kappa shape index (κ3) is 4.66. The van der Waals surface area contributed by atoms with Crippen molar-refractivity contribution in [2.24, 2.45) is 0 Å². The van der Waals surface area contributed by atoms with Crippen LogP contribution in [0.2, 0.25) is 10.0 Å². The van der Waals surface area contributed by atoms with E-state index in [0.717, 1.165) is 24.3 Å². The van der Waals surface area contributed by atoms with Gasteiger partial charge in [-0.05, 0) is 36.4 Å². The Hall–Kier alpha value is -3.67. The van der Waals surface area contributed by atoms with Crippen molar-refractivity contribution in [3.05, 3.63) is 85.8 Å². The molecule has 10 heteroatoms. The summed E-state index contributed by atoms with van der Waals surface area (Å²) < 4.78 is 19.5. The third-order valence-corrected chi connectivity index (χ3v) is 4.63. The van der Waals surface area contributed by atoms with Gasteiger partial charge in [-0.25, -0.2) is 4.39 Å². The molecule has 0 spiro atoms. The molecule has 0 saturated heterocycles. The van der Waals surface area contributed by atoms with Gasteiger partial charge in [-0.15, -0.1) is 0 Å². The maximum absolute atomic E-state index is 13.9. The van der Waals surface area contributed by atoms with E-state index in [4.69, 9.17) is 27.6 Å². The van der Waals surface area contributed by atoms with E-state index < -0.39 is 33.6 Å². The molecule has 0 radical (unpaired) electrons. The molecular weight excluding hydrogens is 436 g/mol. The first kappa shape index (κ1) is 21.0. The minimum absolute atomic E-state index is 0.183. The van der Waals surface area contributed by atoms with Crippen LogP contribution in [0.3, 0.4) is 0 Å². The van der Waals surface area contributed by atoms with Gasteiger partial charge in [0.1, 0.15) is 29.0 Å². The molecule has 0 aliphatic heterocycles. The maximum atomic E-state index is 13.9. The van der Waals surface area contributed by atoms with Crippen molar-refractivity contribution in [2.45, 2.75) is 0 Å². The van der Waals surface area contributed by atoms with E-state index in [2.05, 4.69) is 5.32 Å². The van der Waals surface area contributed by atoms with Crippen molar-refractivity contribution in [3.63, 3.8) is 0 Å². The van der Waals surface area contributed by atoms with Crippen LogP contribution in [0.15, 0.2) is 58.5 Å². The summed E-state index contributed by atoms with van der Waals surface area (Å²) >= 11 is 11.9. The van der Waals surface area contributed by atoms with Crippen molar-refractivity contribution in [3.8, 4) is 17.4 Å². The number of hydrogen-bond acceptors (Lipinski definition) is 5. The van der Waals surface area contributed by atoms with E-state index in [9.17, 15) is 24.6 Å². The standard InChI is InChI=1S/C20H10Cl2FN3O4/c21-15-4-1-11(8-16(15)22)19-6-3-14(30-19)7-12(10-24)20(27)25-18-9-13(26(28)29)2-5-17(18)23/h1-9H,(H,25,27)/b12-7+. The number of rotatable bonds is 5. The second-order valence-corrected chi connectivity index (χ2v) is 6.69. The Morgan fingerprint density at radius 3 is 2.60 bits per heavy atom. The molecule has 3 aromatic rings. The summed E-state index contributed by atoms with van der Waals surface area (Å²) in [7, 11) is 0. The number of nitrogens with zero attached hydrogens (tertiary/aromatic N) is 2. The SMILES string of the molecule is N#C/C(=C\c1ccc(-c2ccc(Cl)c(Cl)c2)o1)C(=O)Nc1cc([N+](=O)[O-])ccc1F. The molecule has 0 unspecified atom stereocenters. The predicted molar refractivity (Wildman–Crippen MR) is 109 cm³/mol. The van der Waals surface area contributed by atoms with Gasteiger partial charge < -0.3 is 9.73 Å². The number of nitro benzene ring substituents is 1. The van der Waals surface area contributed by atoms with E-state index in [1.807, 2.05) is 0 Å². The molecule has 7 nitrogen and oxygen atoms in total. The predicted octanol–water partition coefficient (Wildman–Crippen LogP) is 5.85. The summed E-state index contributed by atoms with van der Waals surface area (Å²) in [4.78, 5) is 22.4. The molecule has 0 aliphatic carbocycles. The highest BCUT2D eigenvalue weighted by atomic mass is 35.5. The molecule has 1 N–H and O–H groups in total. The molecule has 0 saturated carbocycles. The highest BCUT2D eigenvalue weighted by molar-refractivity contribution is 6.42. The monoisotopic (exact) mass is 445 g/mol. The fraction of sp³-hybridized carbons (Fsp3) is 0. The number of anilines is 1. The molecule has 150 valence electrons. The van der Waals surface area contributed by atoms with Crippen molar-refractivity contribution in [1.29, 1.82) is 5.26 Å². The topological polar surface area (TPSA) is 109 Å². The number of carbonyl (C=O) groups is 1. The van der Waals surface area contributed by atoms with Crippen molar-refractivity contribution in [2.75, 3.05) is 5.32 Å². The lowest BCUT2D eigenvalue weighted by molar-refractivity contribution is -0.384. The van der Waals surface area contributed by atoms with Crippen LogP contribution < -0.4 is 5.32 Å². The fourth-order valence-corrected chi connectivity index (χ4v) is 2.74. The fourth-order valence-electron chi connectivity index (χ4n) is 2.44. The van der Waals surface area contributed by atoms with Gasteiger partial charge in [-0.2, -0.15) is 5.26 Å². The average Bonchev–Trinajstić information content (AvgIpc) is 3.18. The van der Waals surface area contributed by atoms with Crippen LogP contribution >= 0.6 is 23.2 Å². The lowest BCUT2D eigenvalue weighted by Crippen LogP contribution is -2.14. The molecular formula is C20H10Cl2FN3O4. The second kappa shape index (κ2) is 8.78. The van der Waals surface area contributed by atoms with Gasteiger partial charge in [0.2, 0.25) is 0 Å². The van der Waals surface area contributed by atoms with E-state index >= 15 is 0 Å². The number of nitro groups is 1. The van der Waals surface area contributed by atoms with E-state index in [1.54, 1.807) is 30.3 Å². The number of benzene rings is 2. The molecule has 1 heterocycles. The quantitative estimate of drug-likeness (QED) is 0.229. The van der Waals surface area contributed by atoms with Gasteiger partial charge in [0.15, 0.2) is 0 Å². The van der Waals surface area contributed by atoms with Crippen LogP contribution in [-0.2, 0) is 4.79 Å². The molecule has 0 fully saturated rings. The summed E-state index contributed by atoms with van der Waals surface area (Å²) in [6.07, 6.45) is 1.16. The van der Waals surface area contributed by atoms with Gasteiger partial charge in [0, 0.05) is 23.8 Å². The third-order valence-electron chi connectivity index (χ3n) is 3.89. The Kier molecular flexibility index (Phi) is 6.16. The molecule has 0 aliphatic rings. The molecule has 3 rings (SSSR count). The number of nitriles is 1. The highest BCUT2D eigenvalue weighted by Gasteiger charge is 2.16. The van der Waals surface area contributed by atoms with Crippen LogP contribution in [0.1, 0.15) is 5.76 Å². The van der Waals surface area contributed by atoms with Gasteiger partial charge >= 0.3 is 0 Å². The first-order chi connectivity index (χ1) is 14.3. The molecule has 2 aromatic carbocycles. The highest BCUT2D eigenvalue weighted by Crippen LogP contribution is 2.30. The molecule has 0 bridgehead atoms. The van der Waals surface area contributed by atoms with Crippen molar-refractivity contribution in [1.82, 2.24) is 0 Å². The van der Waals surface area contributed by atoms with Gasteiger partial charge in [-0.3, -0.25) is 14.9 Å². The first-order valence-electron chi connectivity index (χ1n) is 8.21. The Labute approximate surface area is 179 Å². The molecule has 30 heavy (non-hydrogen) atoms. The molecule has 0 atom stereocenters. The minimum Gasteiger partial charge on any atom is -0.457 e. The van der Waals surface area contributed by atoms with Crippen LogP contribution in [0.25, 0.3) is 17.4 Å². The Morgan fingerprint density at radius 2 is 1.93 bits per heavy atom. The lowest BCUT2D eigenvalue weighted by atomic mass is 10.2. The summed E-state index contributed by atoms with van der Waals surface area (Å²) in [6, 6.07) is 12.4. The van der Waals surface area contributed by atoms with Crippen LogP contribution in [0.5, 0.6) is 0 Å². The van der Waals surface area contributed by atoms with Gasteiger partial charge in [0.05, 0.1) is 20.7 Å². The summed E-state index contributed by atoms with van der Waals surface area (Å²) in [5.74, 6) is -1.24. The zero-order valence-electron chi connectivity index (χ0n) is 14.9. The average molecular weight is 446 g/mol. The van der Waals surface area contributed by atoms with Crippen molar-refractivity contribution >= 4 is 46.6 Å². The number of non-ortho nitro benzene ring substituents is 1. The lowest BCUT2D eigenvalue weighted by Gasteiger charge is -2.05. The Bertz CT molecular complexity index is 1230. The summed E-state index contributed by atoms with van der Waals surface area (Å²) in [5.41, 5.74) is -0.598. The summed E-state index contributed by atoms with van der Waals surface area (Å²) in [6.45, 7) is 0. The Morgan fingerprint density at radius 1 is 1.17 bits per heavy atom. The van der Waals surface area contributed by atoms with E-state index in [1.165, 1.54) is 6.07 Å². The number of amides is 1. The smallest absolute Gasteiger partial charge is 0.271 e.